The lowest BCUT2D eigenvalue weighted by Gasteiger charge is -2.11. The summed E-state index contributed by atoms with van der Waals surface area (Å²) in [5, 5.41) is 7.64. The summed E-state index contributed by atoms with van der Waals surface area (Å²) < 4.78 is 1.91. The molecule has 2 rings (SSSR count). The van der Waals surface area contributed by atoms with Crippen molar-refractivity contribution in [1.29, 1.82) is 0 Å². The van der Waals surface area contributed by atoms with Gasteiger partial charge in [0.15, 0.2) is 0 Å². The summed E-state index contributed by atoms with van der Waals surface area (Å²) in [4.78, 5) is 4.45. The number of nitrogens with zero attached hydrogens (tertiary/aromatic N) is 3. The van der Waals surface area contributed by atoms with Crippen LogP contribution in [0.25, 0.3) is 0 Å². The van der Waals surface area contributed by atoms with E-state index in [-0.39, 0.29) is 0 Å². The second-order valence-electron chi connectivity index (χ2n) is 3.88. The molecule has 0 saturated carbocycles. The average molecular weight is 180 g/mol. The minimum atomic E-state index is 0.534. The summed E-state index contributed by atoms with van der Waals surface area (Å²) in [5.41, 5.74) is 0. The second kappa shape index (κ2) is 3.10. The molecule has 0 amide bonds. The molecule has 13 heavy (non-hydrogen) atoms. The average Bonchev–Trinajstić information content (AvgIpc) is 2.58. The molecule has 1 fully saturated rings. The molecule has 2 unspecified atom stereocenters. The first-order chi connectivity index (χ1) is 6.18. The molecule has 1 N–H and O–H groups in total. The molecule has 0 bridgehead atoms. The van der Waals surface area contributed by atoms with Crippen molar-refractivity contribution in [2.45, 2.75) is 19.8 Å². The molecule has 0 spiro atoms. The van der Waals surface area contributed by atoms with Gasteiger partial charge in [0.25, 0.3) is 0 Å². The number of rotatable bonds is 1. The maximum absolute atomic E-state index is 4.45. The monoisotopic (exact) mass is 180 g/mol. The number of aromatic nitrogens is 3. The van der Waals surface area contributed by atoms with Crippen molar-refractivity contribution < 1.29 is 0 Å². The summed E-state index contributed by atoms with van der Waals surface area (Å²) in [6, 6.07) is 0. The van der Waals surface area contributed by atoms with E-state index in [4.69, 9.17) is 0 Å². The summed E-state index contributed by atoms with van der Waals surface area (Å²) >= 11 is 0. The van der Waals surface area contributed by atoms with Crippen LogP contribution in [0, 0.1) is 12.8 Å². The Morgan fingerprint density at radius 3 is 2.69 bits per heavy atom. The molecule has 0 aliphatic carbocycles. The van der Waals surface area contributed by atoms with Crippen LogP contribution in [0.1, 0.15) is 24.5 Å². The van der Waals surface area contributed by atoms with E-state index < -0.39 is 0 Å². The fourth-order valence-corrected chi connectivity index (χ4v) is 2.01. The normalized spacial score (nSPS) is 28.2. The zero-order valence-corrected chi connectivity index (χ0v) is 8.41. The van der Waals surface area contributed by atoms with Gasteiger partial charge in [0, 0.05) is 19.5 Å². The van der Waals surface area contributed by atoms with E-state index in [1.807, 2.05) is 18.7 Å². The number of aryl methyl sites for hydroxylation is 2. The summed E-state index contributed by atoms with van der Waals surface area (Å²) in [7, 11) is 1.97. The standard InChI is InChI=1S/C9H16N4/c1-6-4-10-5-8(6)9-11-7(2)12-13(9)3/h6,8,10H,4-5H2,1-3H3. The van der Waals surface area contributed by atoms with Gasteiger partial charge in [-0.25, -0.2) is 4.98 Å². The van der Waals surface area contributed by atoms with E-state index in [0.717, 1.165) is 24.7 Å². The van der Waals surface area contributed by atoms with Gasteiger partial charge in [-0.1, -0.05) is 6.92 Å². The van der Waals surface area contributed by atoms with Gasteiger partial charge in [-0.15, -0.1) is 0 Å². The van der Waals surface area contributed by atoms with E-state index in [1.165, 1.54) is 0 Å². The van der Waals surface area contributed by atoms with E-state index >= 15 is 0 Å². The lowest BCUT2D eigenvalue weighted by molar-refractivity contribution is 0.518. The van der Waals surface area contributed by atoms with Crippen LogP contribution in [-0.2, 0) is 7.05 Å². The summed E-state index contributed by atoms with van der Waals surface area (Å²) in [5.74, 6) is 3.19. The van der Waals surface area contributed by atoms with Gasteiger partial charge in [-0.3, -0.25) is 4.68 Å². The highest BCUT2D eigenvalue weighted by Gasteiger charge is 2.28. The third-order valence-electron chi connectivity index (χ3n) is 2.75. The quantitative estimate of drug-likeness (QED) is 0.682. The fourth-order valence-electron chi connectivity index (χ4n) is 2.01. The highest BCUT2D eigenvalue weighted by atomic mass is 15.3. The molecule has 72 valence electrons. The summed E-state index contributed by atoms with van der Waals surface area (Å²) in [6.45, 7) is 6.33. The number of hydrogen-bond acceptors (Lipinski definition) is 3. The van der Waals surface area contributed by atoms with Crippen molar-refractivity contribution in [2.75, 3.05) is 13.1 Å². The Hall–Kier alpha value is -0.900. The third-order valence-corrected chi connectivity index (χ3v) is 2.75. The van der Waals surface area contributed by atoms with Crippen LogP contribution in [0.15, 0.2) is 0 Å². The molecule has 4 nitrogen and oxygen atoms in total. The minimum absolute atomic E-state index is 0.534. The SMILES string of the molecule is Cc1nc(C2CNCC2C)n(C)n1. The maximum Gasteiger partial charge on any atom is 0.147 e. The van der Waals surface area contributed by atoms with E-state index in [2.05, 4.69) is 22.3 Å². The van der Waals surface area contributed by atoms with Crippen LogP contribution in [0.2, 0.25) is 0 Å². The van der Waals surface area contributed by atoms with Crippen LogP contribution in [0.4, 0.5) is 0 Å². The second-order valence-corrected chi connectivity index (χ2v) is 3.88. The molecule has 1 saturated heterocycles. The van der Waals surface area contributed by atoms with Gasteiger partial charge < -0.3 is 5.32 Å². The molecule has 2 heterocycles. The zero-order chi connectivity index (χ0) is 9.42. The van der Waals surface area contributed by atoms with Crippen LogP contribution in [0.5, 0.6) is 0 Å². The molecule has 1 aromatic heterocycles. The van der Waals surface area contributed by atoms with Crippen molar-refractivity contribution in [1.82, 2.24) is 20.1 Å². The van der Waals surface area contributed by atoms with Crippen LogP contribution >= 0.6 is 0 Å². The fraction of sp³-hybridized carbons (Fsp3) is 0.778. The Morgan fingerprint density at radius 1 is 1.46 bits per heavy atom. The van der Waals surface area contributed by atoms with Gasteiger partial charge in [-0.2, -0.15) is 5.10 Å². The van der Waals surface area contributed by atoms with Gasteiger partial charge in [0.2, 0.25) is 0 Å². The Balaban J connectivity index is 2.28. The molecule has 1 aliphatic heterocycles. The zero-order valence-electron chi connectivity index (χ0n) is 8.41. The van der Waals surface area contributed by atoms with E-state index in [9.17, 15) is 0 Å². The first kappa shape index (κ1) is 8.69. The van der Waals surface area contributed by atoms with Crippen LogP contribution < -0.4 is 5.32 Å². The topological polar surface area (TPSA) is 42.7 Å². The van der Waals surface area contributed by atoms with Gasteiger partial charge in [0.1, 0.15) is 11.6 Å². The molecular formula is C9H16N4. The Morgan fingerprint density at radius 2 is 2.23 bits per heavy atom. The van der Waals surface area contributed by atoms with Gasteiger partial charge >= 0.3 is 0 Å². The molecule has 1 aliphatic rings. The van der Waals surface area contributed by atoms with Crippen molar-refractivity contribution in [3.8, 4) is 0 Å². The highest BCUT2D eigenvalue weighted by Crippen LogP contribution is 2.25. The van der Waals surface area contributed by atoms with Crippen molar-refractivity contribution in [2.24, 2.45) is 13.0 Å². The lowest BCUT2D eigenvalue weighted by atomic mass is 9.97. The first-order valence-corrected chi connectivity index (χ1v) is 4.76. The Labute approximate surface area is 78.4 Å². The smallest absolute Gasteiger partial charge is 0.147 e. The van der Waals surface area contributed by atoms with Gasteiger partial charge in [-0.05, 0) is 19.4 Å². The van der Waals surface area contributed by atoms with Crippen molar-refractivity contribution in [3.05, 3.63) is 11.6 Å². The third kappa shape index (κ3) is 1.46. The molecule has 4 heteroatoms. The van der Waals surface area contributed by atoms with E-state index in [0.29, 0.717) is 11.8 Å². The predicted molar refractivity (Wildman–Crippen MR) is 50.5 cm³/mol. The van der Waals surface area contributed by atoms with Crippen molar-refractivity contribution in [3.63, 3.8) is 0 Å². The Kier molecular flexibility index (Phi) is 2.07. The predicted octanol–water partition coefficient (Wildman–Crippen LogP) is 0.446. The Bertz CT molecular complexity index is 305. The van der Waals surface area contributed by atoms with Crippen LogP contribution in [-0.4, -0.2) is 27.9 Å². The van der Waals surface area contributed by atoms with E-state index in [1.54, 1.807) is 0 Å². The molecular weight excluding hydrogens is 164 g/mol. The van der Waals surface area contributed by atoms with Crippen molar-refractivity contribution >= 4 is 0 Å². The van der Waals surface area contributed by atoms with Gasteiger partial charge in [0.05, 0.1) is 0 Å². The summed E-state index contributed by atoms with van der Waals surface area (Å²) in [6.07, 6.45) is 0. The number of hydrogen-bond donors (Lipinski definition) is 1. The number of nitrogens with one attached hydrogen (secondary N) is 1. The molecule has 0 radical (unpaired) electrons. The lowest BCUT2D eigenvalue weighted by Crippen LogP contribution is -2.13. The molecule has 2 atom stereocenters. The largest absolute Gasteiger partial charge is 0.316 e. The highest BCUT2D eigenvalue weighted by molar-refractivity contribution is 5.04. The minimum Gasteiger partial charge on any atom is -0.316 e. The molecule has 1 aromatic rings. The van der Waals surface area contributed by atoms with Crippen LogP contribution in [0.3, 0.4) is 0 Å². The maximum atomic E-state index is 4.45. The molecule has 0 aromatic carbocycles. The first-order valence-electron chi connectivity index (χ1n) is 4.76.